The van der Waals surface area contributed by atoms with Crippen LogP contribution in [0.5, 0.6) is 5.75 Å². The highest BCUT2D eigenvalue weighted by Crippen LogP contribution is 2.42. The van der Waals surface area contributed by atoms with E-state index in [9.17, 15) is 4.79 Å². The SMILES string of the molecule is COc1c(I)cc(C2C(C(=O)Nc3ccc(C)cc3C)=C(C)Nc3nc4ccccc4n32)cc1I. The van der Waals surface area contributed by atoms with Crippen molar-refractivity contribution in [2.45, 2.75) is 26.8 Å². The minimum Gasteiger partial charge on any atom is -0.495 e. The summed E-state index contributed by atoms with van der Waals surface area (Å²) >= 11 is 4.59. The fraction of sp³-hybridized carbons (Fsp3) is 0.185. The highest BCUT2D eigenvalue weighted by Gasteiger charge is 2.35. The molecule has 1 amide bonds. The summed E-state index contributed by atoms with van der Waals surface area (Å²) in [5.41, 5.74) is 7.25. The van der Waals surface area contributed by atoms with E-state index in [2.05, 4.69) is 78.6 Å². The molecule has 8 heteroatoms. The second-order valence-electron chi connectivity index (χ2n) is 8.65. The number of allylic oxidation sites excluding steroid dienone is 1. The quantitative estimate of drug-likeness (QED) is 0.232. The number of rotatable bonds is 4. The van der Waals surface area contributed by atoms with Gasteiger partial charge in [-0.25, -0.2) is 4.98 Å². The summed E-state index contributed by atoms with van der Waals surface area (Å²) in [7, 11) is 1.68. The summed E-state index contributed by atoms with van der Waals surface area (Å²) in [5.74, 6) is 1.41. The van der Waals surface area contributed by atoms with Crippen LogP contribution in [0.25, 0.3) is 11.0 Å². The normalized spacial score (nSPS) is 15.1. The molecule has 0 radical (unpaired) electrons. The number of amides is 1. The van der Waals surface area contributed by atoms with E-state index in [1.54, 1.807) is 7.11 Å². The van der Waals surface area contributed by atoms with Gasteiger partial charge in [0.2, 0.25) is 5.95 Å². The zero-order valence-corrected chi connectivity index (χ0v) is 24.1. The van der Waals surface area contributed by atoms with Crippen LogP contribution in [0.3, 0.4) is 0 Å². The molecule has 2 N–H and O–H groups in total. The Balaban J connectivity index is 1.70. The number of fused-ring (bicyclic) bond motifs is 3. The van der Waals surface area contributed by atoms with E-state index in [1.165, 1.54) is 0 Å². The maximum Gasteiger partial charge on any atom is 0.255 e. The Morgan fingerprint density at radius 1 is 1.06 bits per heavy atom. The largest absolute Gasteiger partial charge is 0.495 e. The van der Waals surface area contributed by atoms with Gasteiger partial charge >= 0.3 is 0 Å². The Morgan fingerprint density at radius 2 is 1.77 bits per heavy atom. The average molecular weight is 690 g/mol. The molecule has 0 saturated carbocycles. The van der Waals surface area contributed by atoms with Crippen LogP contribution in [-0.2, 0) is 4.79 Å². The Morgan fingerprint density at radius 3 is 2.46 bits per heavy atom. The molecule has 1 aliphatic rings. The van der Waals surface area contributed by atoms with Gasteiger partial charge in [0.25, 0.3) is 5.91 Å². The minimum atomic E-state index is -0.364. The van der Waals surface area contributed by atoms with Crippen LogP contribution < -0.4 is 15.4 Å². The van der Waals surface area contributed by atoms with Gasteiger partial charge in [0, 0.05) is 11.4 Å². The van der Waals surface area contributed by atoms with Crippen LogP contribution in [0, 0.1) is 21.0 Å². The van der Waals surface area contributed by atoms with Gasteiger partial charge in [-0.2, -0.15) is 0 Å². The van der Waals surface area contributed by atoms with Crippen molar-refractivity contribution in [3.05, 3.63) is 89.7 Å². The van der Waals surface area contributed by atoms with E-state index in [0.29, 0.717) is 5.57 Å². The Hall–Kier alpha value is -2.60. The van der Waals surface area contributed by atoms with Crippen molar-refractivity contribution >= 4 is 73.8 Å². The summed E-state index contributed by atoms with van der Waals surface area (Å²) in [6, 6.07) is 17.9. The predicted octanol–water partition coefficient (Wildman–Crippen LogP) is 6.80. The third kappa shape index (κ3) is 4.31. The van der Waals surface area contributed by atoms with Crippen molar-refractivity contribution in [2.24, 2.45) is 0 Å². The van der Waals surface area contributed by atoms with Crippen molar-refractivity contribution in [1.82, 2.24) is 9.55 Å². The fourth-order valence-corrected chi connectivity index (χ4v) is 6.91. The van der Waals surface area contributed by atoms with Gasteiger partial charge in [-0.3, -0.25) is 9.36 Å². The van der Waals surface area contributed by atoms with Crippen molar-refractivity contribution in [1.29, 1.82) is 0 Å². The van der Waals surface area contributed by atoms with E-state index in [-0.39, 0.29) is 11.9 Å². The third-order valence-corrected chi connectivity index (χ3v) is 7.85. The monoisotopic (exact) mass is 690 g/mol. The molecular weight excluding hydrogens is 666 g/mol. The average Bonchev–Trinajstić information content (AvgIpc) is 3.17. The highest BCUT2D eigenvalue weighted by molar-refractivity contribution is 14.1. The van der Waals surface area contributed by atoms with Gasteiger partial charge in [-0.15, -0.1) is 0 Å². The zero-order valence-electron chi connectivity index (χ0n) is 19.7. The van der Waals surface area contributed by atoms with Crippen molar-refractivity contribution in [3.63, 3.8) is 0 Å². The van der Waals surface area contributed by atoms with Crippen LogP contribution in [0.2, 0.25) is 0 Å². The number of nitrogens with zero attached hydrogens (tertiary/aromatic N) is 2. The van der Waals surface area contributed by atoms with Gasteiger partial charge in [0.1, 0.15) is 5.75 Å². The van der Waals surface area contributed by atoms with Crippen molar-refractivity contribution < 1.29 is 9.53 Å². The van der Waals surface area contributed by atoms with Gasteiger partial charge in [-0.05, 0) is 107 Å². The first-order chi connectivity index (χ1) is 16.8. The number of ether oxygens (including phenoxy) is 1. The number of methoxy groups -OCH3 is 1. The van der Waals surface area contributed by atoms with E-state index in [1.807, 2.05) is 57.2 Å². The number of aromatic nitrogens is 2. The predicted molar refractivity (Wildman–Crippen MR) is 157 cm³/mol. The van der Waals surface area contributed by atoms with Crippen molar-refractivity contribution in [3.8, 4) is 5.75 Å². The van der Waals surface area contributed by atoms with E-state index >= 15 is 0 Å². The van der Waals surface area contributed by atoms with E-state index in [4.69, 9.17) is 9.72 Å². The maximum atomic E-state index is 13.9. The first-order valence-corrected chi connectivity index (χ1v) is 13.3. The second-order valence-corrected chi connectivity index (χ2v) is 11.0. The summed E-state index contributed by atoms with van der Waals surface area (Å²) < 4.78 is 9.70. The Bertz CT molecular complexity index is 1500. The lowest BCUT2D eigenvalue weighted by atomic mass is 9.94. The van der Waals surface area contributed by atoms with Crippen LogP contribution in [-0.4, -0.2) is 22.6 Å². The third-order valence-electron chi connectivity index (χ3n) is 6.25. The van der Waals surface area contributed by atoms with Crippen LogP contribution in [0.1, 0.15) is 29.7 Å². The van der Waals surface area contributed by atoms with Crippen LogP contribution in [0.4, 0.5) is 11.6 Å². The van der Waals surface area contributed by atoms with Gasteiger partial charge < -0.3 is 15.4 Å². The number of carbonyl (C=O) groups excluding carboxylic acids is 1. The topological polar surface area (TPSA) is 68.2 Å². The second kappa shape index (κ2) is 9.45. The zero-order chi connectivity index (χ0) is 24.9. The molecule has 0 saturated heterocycles. The molecule has 1 aromatic heterocycles. The first-order valence-electron chi connectivity index (χ1n) is 11.1. The lowest BCUT2D eigenvalue weighted by molar-refractivity contribution is -0.113. The summed E-state index contributed by atoms with van der Waals surface area (Å²) in [6.45, 7) is 5.99. The van der Waals surface area contributed by atoms with Gasteiger partial charge in [-0.1, -0.05) is 29.8 Å². The summed E-state index contributed by atoms with van der Waals surface area (Å²) in [6.07, 6.45) is 0. The number of benzene rings is 3. The summed E-state index contributed by atoms with van der Waals surface area (Å²) in [5, 5.41) is 6.54. The lowest BCUT2D eigenvalue weighted by Gasteiger charge is -2.31. The molecule has 1 aliphatic heterocycles. The van der Waals surface area contributed by atoms with E-state index in [0.717, 1.165) is 57.9 Å². The minimum absolute atomic E-state index is 0.142. The molecule has 1 unspecified atom stereocenters. The molecule has 0 spiro atoms. The highest BCUT2D eigenvalue weighted by atomic mass is 127. The number of hydrogen-bond acceptors (Lipinski definition) is 4. The molecule has 1 atom stereocenters. The van der Waals surface area contributed by atoms with Crippen LogP contribution in [0.15, 0.2) is 65.9 Å². The first kappa shape index (κ1) is 24.1. The molecule has 6 nitrogen and oxygen atoms in total. The molecule has 178 valence electrons. The Kier molecular flexibility index (Phi) is 6.51. The molecule has 4 aromatic rings. The number of imidazole rings is 1. The molecule has 2 heterocycles. The number of aryl methyl sites for hydroxylation is 2. The molecular formula is C27H24I2N4O2. The fourth-order valence-electron chi connectivity index (χ4n) is 4.65. The molecule has 5 rings (SSSR count). The lowest BCUT2D eigenvalue weighted by Crippen LogP contribution is -2.31. The number of halogens is 2. The smallest absolute Gasteiger partial charge is 0.255 e. The number of para-hydroxylation sites is 2. The van der Waals surface area contributed by atoms with E-state index < -0.39 is 0 Å². The number of hydrogen-bond donors (Lipinski definition) is 2. The summed E-state index contributed by atoms with van der Waals surface area (Å²) in [4.78, 5) is 18.7. The number of carbonyl (C=O) groups is 1. The molecule has 3 aromatic carbocycles. The Labute approximate surface area is 231 Å². The molecule has 0 aliphatic carbocycles. The van der Waals surface area contributed by atoms with Gasteiger partial charge in [0.15, 0.2) is 0 Å². The number of nitrogens with one attached hydrogen (secondary N) is 2. The molecule has 35 heavy (non-hydrogen) atoms. The standard InChI is InChI=1S/C27H24I2N4O2/c1-14-9-10-20(15(2)11-14)31-26(34)23-16(3)30-27-32-21-7-5-6-8-22(21)33(27)24(23)17-12-18(28)25(35-4)19(29)13-17/h5-13,24H,1-4H3,(H,30,32)(H,31,34). The van der Waals surface area contributed by atoms with Gasteiger partial charge in [0.05, 0.1) is 36.9 Å². The van der Waals surface area contributed by atoms with Crippen molar-refractivity contribution in [2.75, 3.05) is 17.7 Å². The number of anilines is 2. The maximum absolute atomic E-state index is 13.9. The molecule has 0 fully saturated rings. The molecule has 0 bridgehead atoms. The van der Waals surface area contributed by atoms with Crippen LogP contribution >= 0.6 is 45.2 Å².